The minimum atomic E-state index is 0.160. The minimum Gasteiger partial charge on any atom is -0.497 e. The fourth-order valence-corrected chi connectivity index (χ4v) is 4.43. The van der Waals surface area contributed by atoms with Gasteiger partial charge < -0.3 is 9.64 Å². The lowest BCUT2D eigenvalue weighted by atomic mass is 10.1. The Kier molecular flexibility index (Phi) is 6.16. The van der Waals surface area contributed by atoms with Crippen molar-refractivity contribution in [2.75, 3.05) is 44.7 Å². The van der Waals surface area contributed by atoms with E-state index in [0.717, 1.165) is 56.9 Å². The van der Waals surface area contributed by atoms with Crippen LogP contribution in [0, 0.1) is 0 Å². The lowest BCUT2D eigenvalue weighted by molar-refractivity contribution is -0.120. The molecule has 0 saturated carbocycles. The fraction of sp³-hybridized carbons (Fsp3) is 0.417. The highest BCUT2D eigenvalue weighted by atomic mass is 16.5. The first kappa shape index (κ1) is 20.6. The number of amides is 1. The van der Waals surface area contributed by atoms with Crippen LogP contribution in [0.1, 0.15) is 28.4 Å². The number of fused-ring (bicyclic) bond motifs is 1. The van der Waals surface area contributed by atoms with Crippen molar-refractivity contribution in [2.24, 2.45) is 0 Å². The normalized spacial score (nSPS) is 19.5. The molecule has 1 fully saturated rings. The summed E-state index contributed by atoms with van der Waals surface area (Å²) in [6.45, 7) is 7.06. The highest BCUT2D eigenvalue weighted by Crippen LogP contribution is 2.35. The Hall–Kier alpha value is -2.70. The van der Waals surface area contributed by atoms with Crippen molar-refractivity contribution in [3.8, 4) is 5.75 Å². The largest absolute Gasteiger partial charge is 0.497 e. The quantitative estimate of drug-likeness (QED) is 0.689. The molecule has 158 valence electrons. The summed E-state index contributed by atoms with van der Waals surface area (Å²) in [5.41, 5.74) is 4.12. The standard InChI is InChI=1S/C24H29N3O3/c1-18-13-21-7-8-22(30-2)14-23(21)27(18)24(29)16-26-11-9-25(10-12-26)15-19-3-5-20(17-28)6-4-19/h3-8,14,17-18H,9-13,15-16H2,1-2H3. The summed E-state index contributed by atoms with van der Waals surface area (Å²) < 4.78 is 5.36. The van der Waals surface area contributed by atoms with E-state index in [0.29, 0.717) is 12.1 Å². The van der Waals surface area contributed by atoms with Gasteiger partial charge in [-0.1, -0.05) is 30.3 Å². The number of methoxy groups -OCH3 is 1. The molecule has 0 N–H and O–H groups in total. The van der Waals surface area contributed by atoms with E-state index in [1.165, 1.54) is 11.1 Å². The van der Waals surface area contributed by atoms with Crippen LogP contribution in [0.25, 0.3) is 0 Å². The van der Waals surface area contributed by atoms with E-state index in [-0.39, 0.29) is 11.9 Å². The molecule has 0 bridgehead atoms. The van der Waals surface area contributed by atoms with Crippen LogP contribution in [-0.2, 0) is 17.8 Å². The third-order valence-electron chi connectivity index (χ3n) is 6.12. The summed E-state index contributed by atoms with van der Waals surface area (Å²) in [6.07, 6.45) is 1.76. The molecule has 1 unspecified atom stereocenters. The Morgan fingerprint density at radius 1 is 1.07 bits per heavy atom. The molecule has 2 heterocycles. The number of hydrogen-bond donors (Lipinski definition) is 0. The van der Waals surface area contributed by atoms with Gasteiger partial charge in [0, 0.05) is 50.4 Å². The van der Waals surface area contributed by atoms with Crippen molar-refractivity contribution in [1.29, 1.82) is 0 Å². The third kappa shape index (κ3) is 4.40. The zero-order valence-electron chi connectivity index (χ0n) is 17.7. The van der Waals surface area contributed by atoms with Crippen molar-refractivity contribution in [2.45, 2.75) is 25.9 Å². The summed E-state index contributed by atoms with van der Waals surface area (Å²) >= 11 is 0. The number of ether oxygens (including phenoxy) is 1. The lowest BCUT2D eigenvalue weighted by Crippen LogP contribution is -2.50. The van der Waals surface area contributed by atoms with Crippen molar-refractivity contribution < 1.29 is 14.3 Å². The Bertz CT molecular complexity index is 904. The number of nitrogens with zero attached hydrogens (tertiary/aromatic N) is 3. The second-order valence-electron chi connectivity index (χ2n) is 8.22. The van der Waals surface area contributed by atoms with Crippen molar-refractivity contribution >= 4 is 17.9 Å². The monoisotopic (exact) mass is 407 g/mol. The first-order valence-corrected chi connectivity index (χ1v) is 10.5. The lowest BCUT2D eigenvalue weighted by Gasteiger charge is -2.35. The third-order valence-corrected chi connectivity index (χ3v) is 6.12. The highest BCUT2D eigenvalue weighted by molar-refractivity contribution is 5.97. The molecule has 4 rings (SSSR count). The van der Waals surface area contributed by atoms with E-state index in [1.54, 1.807) is 7.11 Å². The molecule has 6 heteroatoms. The fourth-order valence-electron chi connectivity index (χ4n) is 4.43. The average Bonchev–Trinajstić information content (AvgIpc) is 3.10. The summed E-state index contributed by atoms with van der Waals surface area (Å²) in [4.78, 5) is 30.5. The van der Waals surface area contributed by atoms with Gasteiger partial charge in [-0.3, -0.25) is 19.4 Å². The molecule has 2 aromatic rings. The van der Waals surface area contributed by atoms with Crippen LogP contribution >= 0.6 is 0 Å². The average molecular weight is 408 g/mol. The Morgan fingerprint density at radius 3 is 2.43 bits per heavy atom. The highest BCUT2D eigenvalue weighted by Gasteiger charge is 2.32. The van der Waals surface area contributed by atoms with Gasteiger partial charge in [-0.25, -0.2) is 0 Å². The maximum absolute atomic E-state index is 13.1. The van der Waals surface area contributed by atoms with E-state index in [2.05, 4.69) is 22.8 Å². The smallest absolute Gasteiger partial charge is 0.241 e. The Labute approximate surface area is 178 Å². The molecular formula is C24H29N3O3. The number of carbonyl (C=O) groups excluding carboxylic acids is 2. The molecule has 2 aliphatic heterocycles. The number of hydrogen-bond acceptors (Lipinski definition) is 5. The first-order valence-electron chi connectivity index (χ1n) is 10.5. The molecule has 1 amide bonds. The number of rotatable bonds is 6. The summed E-state index contributed by atoms with van der Waals surface area (Å²) in [7, 11) is 1.66. The van der Waals surface area contributed by atoms with Gasteiger partial charge in [0.05, 0.1) is 19.3 Å². The van der Waals surface area contributed by atoms with Gasteiger partial charge in [0.1, 0.15) is 12.0 Å². The van der Waals surface area contributed by atoms with Crippen LogP contribution in [0.3, 0.4) is 0 Å². The van der Waals surface area contributed by atoms with Crippen molar-refractivity contribution in [3.63, 3.8) is 0 Å². The van der Waals surface area contributed by atoms with E-state index in [1.807, 2.05) is 41.3 Å². The summed E-state index contributed by atoms with van der Waals surface area (Å²) in [5, 5.41) is 0. The second kappa shape index (κ2) is 8.98. The first-order chi connectivity index (χ1) is 14.6. The minimum absolute atomic E-state index is 0.160. The van der Waals surface area contributed by atoms with Gasteiger partial charge in [-0.15, -0.1) is 0 Å². The Morgan fingerprint density at radius 2 is 1.77 bits per heavy atom. The summed E-state index contributed by atoms with van der Waals surface area (Å²) in [6, 6.07) is 13.9. The van der Waals surface area contributed by atoms with Crippen molar-refractivity contribution in [3.05, 3.63) is 59.2 Å². The van der Waals surface area contributed by atoms with Crippen LogP contribution in [0.2, 0.25) is 0 Å². The molecule has 30 heavy (non-hydrogen) atoms. The molecule has 0 radical (unpaired) electrons. The number of carbonyl (C=O) groups is 2. The SMILES string of the molecule is COc1ccc2c(c1)N(C(=O)CN1CCN(Cc3ccc(C=O)cc3)CC1)C(C)C2. The van der Waals surface area contributed by atoms with Gasteiger partial charge >= 0.3 is 0 Å². The maximum atomic E-state index is 13.1. The molecule has 6 nitrogen and oxygen atoms in total. The van der Waals surface area contributed by atoms with Crippen LogP contribution in [0.5, 0.6) is 5.75 Å². The zero-order valence-corrected chi connectivity index (χ0v) is 17.7. The second-order valence-corrected chi connectivity index (χ2v) is 8.22. The molecule has 0 aliphatic carbocycles. The summed E-state index contributed by atoms with van der Waals surface area (Å²) in [5.74, 6) is 0.947. The molecule has 2 aromatic carbocycles. The molecular weight excluding hydrogens is 378 g/mol. The van der Waals surface area contributed by atoms with E-state index in [4.69, 9.17) is 4.74 Å². The van der Waals surface area contributed by atoms with Gasteiger partial charge in [0.2, 0.25) is 5.91 Å². The predicted molar refractivity (Wildman–Crippen MR) is 117 cm³/mol. The zero-order chi connectivity index (χ0) is 21.1. The van der Waals surface area contributed by atoms with Gasteiger partial charge in [0.15, 0.2) is 0 Å². The number of benzene rings is 2. The van der Waals surface area contributed by atoms with Gasteiger partial charge in [0.25, 0.3) is 0 Å². The van der Waals surface area contributed by atoms with Crippen LogP contribution in [-0.4, -0.2) is 67.9 Å². The molecule has 0 aromatic heterocycles. The van der Waals surface area contributed by atoms with E-state index < -0.39 is 0 Å². The molecule has 1 atom stereocenters. The van der Waals surface area contributed by atoms with E-state index >= 15 is 0 Å². The van der Waals surface area contributed by atoms with Gasteiger partial charge in [-0.05, 0) is 30.5 Å². The van der Waals surface area contributed by atoms with E-state index in [9.17, 15) is 9.59 Å². The van der Waals surface area contributed by atoms with Gasteiger partial charge in [-0.2, -0.15) is 0 Å². The predicted octanol–water partition coefficient (Wildman–Crippen LogP) is 2.60. The maximum Gasteiger partial charge on any atom is 0.241 e. The molecule has 0 spiro atoms. The number of piperazine rings is 1. The van der Waals surface area contributed by atoms with Crippen LogP contribution in [0.4, 0.5) is 5.69 Å². The Balaban J connectivity index is 1.32. The number of aldehydes is 1. The molecule has 1 saturated heterocycles. The van der Waals surface area contributed by atoms with Crippen molar-refractivity contribution in [1.82, 2.24) is 9.80 Å². The number of anilines is 1. The molecule has 2 aliphatic rings. The topological polar surface area (TPSA) is 53.1 Å². The van der Waals surface area contributed by atoms with Crippen LogP contribution < -0.4 is 9.64 Å². The van der Waals surface area contributed by atoms with Crippen LogP contribution in [0.15, 0.2) is 42.5 Å².